The largest absolute Gasteiger partial charge is 0.481 e. The van der Waals surface area contributed by atoms with Gasteiger partial charge in [0, 0.05) is 25.3 Å². The van der Waals surface area contributed by atoms with Gasteiger partial charge in [-0.1, -0.05) is 30.3 Å². The third-order valence-corrected chi connectivity index (χ3v) is 5.74. The minimum atomic E-state index is -0.762. The van der Waals surface area contributed by atoms with E-state index in [1.54, 1.807) is 0 Å². The molecule has 2 fully saturated rings. The molecule has 1 unspecified atom stereocenters. The van der Waals surface area contributed by atoms with Crippen molar-refractivity contribution in [3.05, 3.63) is 48.0 Å². The third-order valence-electron chi connectivity index (χ3n) is 5.74. The maximum Gasteiger partial charge on any atom is 0.309 e. The molecule has 2 saturated heterocycles. The molecule has 0 spiro atoms. The van der Waals surface area contributed by atoms with Crippen molar-refractivity contribution in [2.75, 3.05) is 19.7 Å². The summed E-state index contributed by atoms with van der Waals surface area (Å²) in [6.07, 6.45) is 1.99. The third kappa shape index (κ3) is 3.19. The number of hydrogen-bond donors (Lipinski definition) is 1. The SMILES string of the molecule is O=C(O)C1CCO[C@H]1C1CCN(C(=O)c2ccc3ccccc3c2)CC1. The molecule has 5 nitrogen and oxygen atoms in total. The highest BCUT2D eigenvalue weighted by molar-refractivity contribution is 5.98. The van der Waals surface area contributed by atoms with E-state index in [-0.39, 0.29) is 17.9 Å². The Morgan fingerprint density at radius 2 is 1.73 bits per heavy atom. The molecule has 0 bridgehead atoms. The molecule has 2 heterocycles. The highest BCUT2D eigenvalue weighted by atomic mass is 16.5. The van der Waals surface area contributed by atoms with Crippen LogP contribution in [0.4, 0.5) is 0 Å². The predicted molar refractivity (Wildman–Crippen MR) is 98.1 cm³/mol. The van der Waals surface area contributed by atoms with E-state index in [9.17, 15) is 14.7 Å². The number of carbonyl (C=O) groups is 2. The van der Waals surface area contributed by atoms with Crippen molar-refractivity contribution in [3.8, 4) is 0 Å². The molecule has 0 radical (unpaired) electrons. The zero-order valence-corrected chi connectivity index (χ0v) is 14.6. The molecule has 136 valence electrons. The Bertz CT molecular complexity index is 826. The second-order valence-corrected chi connectivity index (χ2v) is 7.26. The van der Waals surface area contributed by atoms with Gasteiger partial charge in [0.15, 0.2) is 0 Å². The summed E-state index contributed by atoms with van der Waals surface area (Å²) in [7, 11) is 0. The van der Waals surface area contributed by atoms with Crippen molar-refractivity contribution in [1.82, 2.24) is 4.90 Å². The van der Waals surface area contributed by atoms with Crippen LogP contribution < -0.4 is 0 Å². The van der Waals surface area contributed by atoms with Crippen LogP contribution in [-0.4, -0.2) is 47.7 Å². The van der Waals surface area contributed by atoms with E-state index < -0.39 is 11.9 Å². The van der Waals surface area contributed by atoms with Gasteiger partial charge in [-0.3, -0.25) is 9.59 Å². The van der Waals surface area contributed by atoms with Crippen molar-refractivity contribution in [2.45, 2.75) is 25.4 Å². The van der Waals surface area contributed by atoms with Gasteiger partial charge in [-0.25, -0.2) is 0 Å². The number of carboxylic acids is 1. The lowest BCUT2D eigenvalue weighted by Crippen LogP contribution is -2.43. The minimum Gasteiger partial charge on any atom is -0.481 e. The fourth-order valence-electron chi connectivity index (χ4n) is 4.28. The molecule has 0 aliphatic carbocycles. The van der Waals surface area contributed by atoms with Crippen LogP contribution in [0, 0.1) is 11.8 Å². The lowest BCUT2D eigenvalue weighted by molar-refractivity contribution is -0.145. The minimum absolute atomic E-state index is 0.0522. The molecular weight excluding hydrogens is 330 g/mol. The van der Waals surface area contributed by atoms with Crippen LogP contribution in [0.2, 0.25) is 0 Å². The van der Waals surface area contributed by atoms with Crippen molar-refractivity contribution >= 4 is 22.6 Å². The molecular formula is C21H23NO4. The molecule has 2 atom stereocenters. The van der Waals surface area contributed by atoms with E-state index in [1.807, 2.05) is 47.4 Å². The van der Waals surface area contributed by atoms with Crippen molar-refractivity contribution in [3.63, 3.8) is 0 Å². The van der Waals surface area contributed by atoms with Crippen LogP contribution in [0.25, 0.3) is 10.8 Å². The highest BCUT2D eigenvalue weighted by Crippen LogP contribution is 2.33. The number of hydrogen-bond acceptors (Lipinski definition) is 3. The topological polar surface area (TPSA) is 66.8 Å². The van der Waals surface area contributed by atoms with E-state index in [4.69, 9.17) is 4.74 Å². The quantitative estimate of drug-likeness (QED) is 0.920. The molecule has 2 aromatic carbocycles. The van der Waals surface area contributed by atoms with Crippen LogP contribution in [0.3, 0.4) is 0 Å². The number of nitrogens with zero attached hydrogens (tertiary/aromatic N) is 1. The summed E-state index contributed by atoms with van der Waals surface area (Å²) in [5.41, 5.74) is 0.711. The fraction of sp³-hybridized carbons (Fsp3) is 0.429. The fourth-order valence-corrected chi connectivity index (χ4v) is 4.28. The van der Waals surface area contributed by atoms with Crippen molar-refractivity contribution in [1.29, 1.82) is 0 Å². The smallest absolute Gasteiger partial charge is 0.309 e. The summed E-state index contributed by atoms with van der Waals surface area (Å²) >= 11 is 0. The Morgan fingerprint density at radius 3 is 2.46 bits per heavy atom. The summed E-state index contributed by atoms with van der Waals surface area (Å²) < 4.78 is 5.71. The van der Waals surface area contributed by atoms with Crippen LogP contribution in [0.1, 0.15) is 29.6 Å². The summed E-state index contributed by atoms with van der Waals surface area (Å²) in [5, 5.41) is 11.5. The number of amides is 1. The Labute approximate surface area is 152 Å². The predicted octanol–water partition coefficient (Wildman–Crippen LogP) is 3.18. The highest BCUT2D eigenvalue weighted by Gasteiger charge is 2.40. The maximum absolute atomic E-state index is 12.8. The van der Waals surface area contributed by atoms with Gasteiger partial charge in [-0.15, -0.1) is 0 Å². The van der Waals surface area contributed by atoms with Gasteiger partial charge in [-0.2, -0.15) is 0 Å². The normalized spacial score (nSPS) is 24.1. The lowest BCUT2D eigenvalue weighted by atomic mass is 9.84. The second kappa shape index (κ2) is 7.08. The molecule has 2 aliphatic rings. The Balaban J connectivity index is 1.42. The van der Waals surface area contributed by atoms with Gasteiger partial charge < -0.3 is 14.7 Å². The monoisotopic (exact) mass is 353 g/mol. The maximum atomic E-state index is 12.8. The van der Waals surface area contributed by atoms with Crippen LogP contribution in [-0.2, 0) is 9.53 Å². The summed E-state index contributed by atoms with van der Waals surface area (Å²) in [5.74, 6) is -0.888. The number of likely N-dealkylation sites (tertiary alicyclic amines) is 1. The van der Waals surface area contributed by atoms with Crippen LogP contribution in [0.15, 0.2) is 42.5 Å². The average Bonchev–Trinajstić information content (AvgIpc) is 3.17. The van der Waals surface area contributed by atoms with Crippen LogP contribution in [0.5, 0.6) is 0 Å². The first-order valence-electron chi connectivity index (χ1n) is 9.26. The molecule has 0 aromatic heterocycles. The number of aliphatic carboxylic acids is 1. The lowest BCUT2D eigenvalue weighted by Gasteiger charge is -2.35. The number of carboxylic acid groups (broad SMARTS) is 1. The van der Waals surface area contributed by atoms with E-state index in [2.05, 4.69) is 0 Å². The van der Waals surface area contributed by atoms with Gasteiger partial charge in [0.25, 0.3) is 5.91 Å². The number of piperidine rings is 1. The van der Waals surface area contributed by atoms with Crippen molar-refractivity contribution in [2.24, 2.45) is 11.8 Å². The Kier molecular flexibility index (Phi) is 4.64. The average molecular weight is 353 g/mol. The summed E-state index contributed by atoms with van der Waals surface area (Å²) in [6, 6.07) is 13.8. The van der Waals surface area contributed by atoms with Crippen molar-refractivity contribution < 1.29 is 19.4 Å². The Morgan fingerprint density at radius 1 is 1.00 bits per heavy atom. The number of fused-ring (bicyclic) bond motifs is 1. The zero-order chi connectivity index (χ0) is 18.1. The molecule has 2 aliphatic heterocycles. The second-order valence-electron chi connectivity index (χ2n) is 7.26. The molecule has 5 heteroatoms. The van der Waals surface area contributed by atoms with Gasteiger partial charge in [0.05, 0.1) is 12.0 Å². The van der Waals surface area contributed by atoms with E-state index in [0.717, 1.165) is 23.6 Å². The first kappa shape index (κ1) is 17.0. The number of rotatable bonds is 3. The first-order chi connectivity index (χ1) is 12.6. The van der Waals surface area contributed by atoms with E-state index in [0.29, 0.717) is 31.7 Å². The van der Waals surface area contributed by atoms with E-state index in [1.165, 1.54) is 0 Å². The standard InChI is InChI=1S/C21H23NO4/c23-20(17-6-5-14-3-1-2-4-16(14)13-17)22-10-7-15(8-11-22)19-18(21(24)25)9-12-26-19/h1-6,13,15,18-19H,7-12H2,(H,24,25)/t18?,19-/m0/s1. The van der Waals surface area contributed by atoms with Gasteiger partial charge >= 0.3 is 5.97 Å². The van der Waals surface area contributed by atoms with Gasteiger partial charge in [-0.05, 0) is 48.1 Å². The zero-order valence-electron chi connectivity index (χ0n) is 14.6. The molecule has 2 aromatic rings. The van der Waals surface area contributed by atoms with Crippen LogP contribution >= 0.6 is 0 Å². The Hall–Kier alpha value is -2.40. The number of ether oxygens (including phenoxy) is 1. The first-order valence-corrected chi connectivity index (χ1v) is 9.26. The summed E-state index contributed by atoms with van der Waals surface area (Å²) in [6.45, 7) is 1.84. The number of carbonyl (C=O) groups excluding carboxylic acids is 1. The molecule has 0 saturated carbocycles. The molecule has 26 heavy (non-hydrogen) atoms. The van der Waals surface area contributed by atoms with Gasteiger partial charge in [0.1, 0.15) is 0 Å². The van der Waals surface area contributed by atoms with Gasteiger partial charge in [0.2, 0.25) is 0 Å². The van der Waals surface area contributed by atoms with E-state index >= 15 is 0 Å². The molecule has 1 amide bonds. The number of benzene rings is 2. The molecule has 4 rings (SSSR count). The summed E-state index contributed by atoms with van der Waals surface area (Å²) in [4.78, 5) is 26.1. The molecule has 1 N–H and O–H groups in total.